The quantitative estimate of drug-likeness (QED) is 0.546. The van der Waals surface area contributed by atoms with Crippen LogP contribution < -0.4 is 4.90 Å². The minimum atomic E-state index is 0.897. The summed E-state index contributed by atoms with van der Waals surface area (Å²) in [4.78, 5) is 7.06. The number of rotatable bonds is 2. The van der Waals surface area contributed by atoms with E-state index in [-0.39, 0.29) is 0 Å². The van der Waals surface area contributed by atoms with Crippen molar-refractivity contribution in [2.24, 2.45) is 0 Å². The average Bonchev–Trinajstić information content (AvgIpc) is 3.12. The van der Waals surface area contributed by atoms with Gasteiger partial charge in [-0.25, -0.2) is 9.50 Å². The smallest absolute Gasteiger partial charge is 0.155 e. The number of benzene rings is 2. The SMILES string of the molecule is Cc1ccccc1-c1cc2c(N3CCc4ccccc4C3)nccn2n1. The molecule has 0 saturated heterocycles. The zero-order valence-corrected chi connectivity index (χ0v) is 14.8. The Morgan fingerprint density at radius 2 is 1.77 bits per heavy atom. The zero-order valence-electron chi connectivity index (χ0n) is 14.8. The summed E-state index contributed by atoms with van der Waals surface area (Å²) in [5, 5.41) is 4.79. The molecule has 0 spiro atoms. The molecule has 0 unspecified atom stereocenters. The van der Waals surface area contributed by atoms with E-state index in [0.717, 1.165) is 36.5 Å². The van der Waals surface area contributed by atoms with Crippen molar-refractivity contribution >= 4 is 11.3 Å². The molecule has 0 atom stereocenters. The van der Waals surface area contributed by atoms with Crippen LogP contribution in [0.1, 0.15) is 16.7 Å². The van der Waals surface area contributed by atoms with Gasteiger partial charge in [-0.2, -0.15) is 5.10 Å². The number of anilines is 1. The second-order valence-corrected chi connectivity index (χ2v) is 6.87. The lowest BCUT2D eigenvalue weighted by atomic mass is 10.00. The second-order valence-electron chi connectivity index (χ2n) is 6.87. The van der Waals surface area contributed by atoms with Crippen molar-refractivity contribution in [1.82, 2.24) is 14.6 Å². The van der Waals surface area contributed by atoms with E-state index in [4.69, 9.17) is 10.1 Å². The monoisotopic (exact) mass is 340 g/mol. The summed E-state index contributed by atoms with van der Waals surface area (Å²) in [6.07, 6.45) is 4.83. The van der Waals surface area contributed by atoms with Crippen molar-refractivity contribution in [2.45, 2.75) is 19.9 Å². The summed E-state index contributed by atoms with van der Waals surface area (Å²) in [7, 11) is 0. The average molecular weight is 340 g/mol. The van der Waals surface area contributed by atoms with E-state index in [1.54, 1.807) is 0 Å². The van der Waals surface area contributed by atoms with E-state index in [2.05, 4.69) is 66.4 Å². The van der Waals surface area contributed by atoms with E-state index >= 15 is 0 Å². The van der Waals surface area contributed by atoms with Crippen molar-refractivity contribution < 1.29 is 0 Å². The number of aromatic nitrogens is 3. The third-order valence-corrected chi connectivity index (χ3v) is 5.22. The summed E-state index contributed by atoms with van der Waals surface area (Å²) in [5.74, 6) is 1.01. The molecule has 3 heterocycles. The largest absolute Gasteiger partial charge is 0.350 e. The lowest BCUT2D eigenvalue weighted by Crippen LogP contribution is -2.31. The molecule has 0 saturated carbocycles. The molecule has 26 heavy (non-hydrogen) atoms. The number of fused-ring (bicyclic) bond motifs is 2. The Labute approximate surface area is 152 Å². The Kier molecular flexibility index (Phi) is 3.49. The Balaban J connectivity index is 1.58. The van der Waals surface area contributed by atoms with Crippen LogP contribution in [0.4, 0.5) is 5.82 Å². The molecule has 2 aromatic heterocycles. The molecule has 128 valence electrons. The minimum Gasteiger partial charge on any atom is -0.350 e. The first-order valence-corrected chi connectivity index (χ1v) is 9.02. The highest BCUT2D eigenvalue weighted by atomic mass is 15.3. The van der Waals surface area contributed by atoms with Gasteiger partial charge in [0.1, 0.15) is 5.52 Å². The topological polar surface area (TPSA) is 33.4 Å². The first kappa shape index (κ1) is 15.1. The fraction of sp³-hybridized carbons (Fsp3) is 0.182. The van der Waals surface area contributed by atoms with Gasteiger partial charge in [-0.15, -0.1) is 0 Å². The third kappa shape index (κ3) is 2.46. The first-order chi connectivity index (χ1) is 12.8. The van der Waals surface area contributed by atoms with Gasteiger partial charge in [0, 0.05) is 31.0 Å². The minimum absolute atomic E-state index is 0.897. The standard InChI is InChI=1S/C22H20N4/c1-16-6-2-5-9-19(16)20-14-21-22(23-11-13-26(21)24-20)25-12-10-17-7-3-4-8-18(17)15-25/h2-9,11,13-14H,10,12,15H2,1H3. The lowest BCUT2D eigenvalue weighted by molar-refractivity contribution is 0.720. The zero-order chi connectivity index (χ0) is 17.5. The van der Waals surface area contributed by atoms with Gasteiger partial charge in [0.15, 0.2) is 5.82 Å². The van der Waals surface area contributed by atoms with Gasteiger partial charge >= 0.3 is 0 Å². The van der Waals surface area contributed by atoms with Gasteiger partial charge < -0.3 is 4.90 Å². The molecule has 0 bridgehead atoms. The highest BCUT2D eigenvalue weighted by Crippen LogP contribution is 2.29. The maximum Gasteiger partial charge on any atom is 0.155 e. The van der Waals surface area contributed by atoms with Gasteiger partial charge in [0.2, 0.25) is 0 Å². The summed E-state index contributed by atoms with van der Waals surface area (Å²) >= 11 is 0. The van der Waals surface area contributed by atoms with Gasteiger partial charge in [-0.1, -0.05) is 48.5 Å². The van der Waals surface area contributed by atoms with E-state index in [1.165, 1.54) is 22.3 Å². The highest BCUT2D eigenvalue weighted by molar-refractivity contribution is 5.76. The number of nitrogens with zero attached hydrogens (tertiary/aromatic N) is 4. The maximum atomic E-state index is 4.79. The number of hydrogen-bond acceptors (Lipinski definition) is 3. The van der Waals surface area contributed by atoms with Gasteiger partial charge in [-0.3, -0.25) is 0 Å². The molecule has 0 fully saturated rings. The van der Waals surface area contributed by atoms with Crippen LogP contribution >= 0.6 is 0 Å². The lowest BCUT2D eigenvalue weighted by Gasteiger charge is -2.30. The molecule has 0 radical (unpaired) electrons. The fourth-order valence-corrected chi connectivity index (χ4v) is 3.82. The molecule has 5 rings (SSSR count). The normalized spacial score (nSPS) is 13.8. The Morgan fingerprint density at radius 1 is 0.962 bits per heavy atom. The van der Waals surface area contributed by atoms with E-state index in [0.29, 0.717) is 0 Å². The summed E-state index contributed by atoms with van der Waals surface area (Å²) < 4.78 is 1.95. The van der Waals surface area contributed by atoms with E-state index < -0.39 is 0 Å². The Hall–Kier alpha value is -3.14. The van der Waals surface area contributed by atoms with Crippen LogP contribution in [0, 0.1) is 6.92 Å². The molecule has 4 heteroatoms. The molecular weight excluding hydrogens is 320 g/mol. The van der Waals surface area contributed by atoms with Gasteiger partial charge in [-0.05, 0) is 36.1 Å². The third-order valence-electron chi connectivity index (χ3n) is 5.22. The van der Waals surface area contributed by atoms with Crippen molar-refractivity contribution in [2.75, 3.05) is 11.4 Å². The molecule has 0 aliphatic carbocycles. The number of hydrogen-bond donors (Lipinski definition) is 0. The predicted molar refractivity (Wildman–Crippen MR) is 104 cm³/mol. The van der Waals surface area contributed by atoms with Crippen molar-refractivity contribution in [3.05, 3.63) is 83.7 Å². The number of aryl methyl sites for hydroxylation is 1. The van der Waals surface area contributed by atoms with Crippen LogP contribution in [-0.4, -0.2) is 21.1 Å². The van der Waals surface area contributed by atoms with Crippen molar-refractivity contribution in [3.63, 3.8) is 0 Å². The highest BCUT2D eigenvalue weighted by Gasteiger charge is 2.20. The van der Waals surface area contributed by atoms with Crippen molar-refractivity contribution in [1.29, 1.82) is 0 Å². The van der Waals surface area contributed by atoms with E-state index in [1.807, 2.05) is 16.9 Å². The van der Waals surface area contributed by atoms with Crippen LogP contribution in [-0.2, 0) is 13.0 Å². The maximum absolute atomic E-state index is 4.79. The van der Waals surface area contributed by atoms with Crippen LogP contribution in [0.5, 0.6) is 0 Å². The molecule has 4 aromatic rings. The Bertz CT molecular complexity index is 1100. The van der Waals surface area contributed by atoms with Gasteiger partial charge in [0.05, 0.1) is 5.69 Å². The van der Waals surface area contributed by atoms with Gasteiger partial charge in [0.25, 0.3) is 0 Å². The van der Waals surface area contributed by atoms with Crippen molar-refractivity contribution in [3.8, 4) is 11.3 Å². The summed E-state index contributed by atoms with van der Waals surface area (Å²) in [6, 6.07) is 19.2. The molecule has 2 aromatic carbocycles. The first-order valence-electron chi connectivity index (χ1n) is 9.02. The summed E-state index contributed by atoms with van der Waals surface area (Å²) in [6.45, 7) is 4.00. The molecule has 1 aliphatic heterocycles. The molecule has 4 nitrogen and oxygen atoms in total. The fourth-order valence-electron chi connectivity index (χ4n) is 3.82. The predicted octanol–water partition coefficient (Wildman–Crippen LogP) is 4.27. The summed E-state index contributed by atoms with van der Waals surface area (Å²) in [5.41, 5.74) is 7.30. The molecular formula is C22H20N4. The van der Waals surface area contributed by atoms with Crippen LogP contribution in [0.15, 0.2) is 67.0 Å². The van der Waals surface area contributed by atoms with Crippen LogP contribution in [0.3, 0.4) is 0 Å². The Morgan fingerprint density at radius 3 is 2.65 bits per heavy atom. The van der Waals surface area contributed by atoms with Crippen LogP contribution in [0.2, 0.25) is 0 Å². The van der Waals surface area contributed by atoms with E-state index in [9.17, 15) is 0 Å². The molecule has 0 N–H and O–H groups in total. The van der Waals surface area contributed by atoms with Crippen LogP contribution in [0.25, 0.3) is 16.8 Å². The molecule has 1 aliphatic rings. The molecule has 0 amide bonds. The second kappa shape index (κ2) is 5.99.